The molecular formula is C22H34N4. The molecule has 0 aliphatic carbocycles. The Balaban J connectivity index is 1.61. The molecule has 0 radical (unpaired) electrons. The number of benzene rings is 1. The maximum absolute atomic E-state index is 4.75. The number of hydrazone groups is 2. The van der Waals surface area contributed by atoms with Crippen molar-refractivity contribution in [2.75, 3.05) is 0 Å². The highest BCUT2D eigenvalue weighted by atomic mass is 15.5. The second-order valence-corrected chi connectivity index (χ2v) is 8.17. The van der Waals surface area contributed by atoms with Gasteiger partial charge in [-0.3, -0.25) is 10.0 Å². The van der Waals surface area contributed by atoms with E-state index < -0.39 is 0 Å². The van der Waals surface area contributed by atoms with Gasteiger partial charge in [0.2, 0.25) is 0 Å². The van der Waals surface area contributed by atoms with Crippen molar-refractivity contribution in [3.63, 3.8) is 0 Å². The first-order chi connectivity index (χ1) is 12.5. The largest absolute Gasteiger partial charge is 0.292 e. The molecule has 2 aliphatic heterocycles. The van der Waals surface area contributed by atoms with Crippen LogP contribution in [-0.2, 0) is 0 Å². The monoisotopic (exact) mass is 354 g/mol. The van der Waals surface area contributed by atoms with Crippen LogP contribution in [0.15, 0.2) is 34.5 Å². The molecule has 0 aromatic heterocycles. The lowest BCUT2D eigenvalue weighted by Crippen LogP contribution is -2.39. The van der Waals surface area contributed by atoms with Gasteiger partial charge < -0.3 is 0 Å². The minimum Gasteiger partial charge on any atom is -0.292 e. The summed E-state index contributed by atoms with van der Waals surface area (Å²) in [5.74, 6) is 0. The fraction of sp³-hybridized carbons (Fsp3) is 0.636. The summed E-state index contributed by atoms with van der Waals surface area (Å²) in [5.41, 5.74) is 2.29. The predicted molar refractivity (Wildman–Crippen MR) is 111 cm³/mol. The number of rotatable bonds is 4. The van der Waals surface area contributed by atoms with Gasteiger partial charge in [0.25, 0.3) is 0 Å². The molecule has 3 rings (SSSR count). The number of hydrogen-bond acceptors (Lipinski definition) is 4. The first-order valence-corrected chi connectivity index (χ1v) is 10.3. The Bertz CT molecular complexity index is 547. The average molecular weight is 355 g/mol. The van der Waals surface area contributed by atoms with Crippen LogP contribution in [0.4, 0.5) is 0 Å². The Morgan fingerprint density at radius 3 is 1.27 bits per heavy atom. The molecule has 4 heteroatoms. The number of nitrogens with zero attached hydrogens (tertiary/aromatic N) is 4. The van der Waals surface area contributed by atoms with Crippen molar-refractivity contribution in [3.8, 4) is 0 Å². The first kappa shape index (κ1) is 18.9. The van der Waals surface area contributed by atoms with Gasteiger partial charge in [-0.25, -0.2) is 0 Å². The van der Waals surface area contributed by atoms with Crippen molar-refractivity contribution in [2.45, 2.75) is 90.4 Å². The molecule has 2 saturated heterocycles. The topological polar surface area (TPSA) is 31.2 Å². The SMILES string of the molecule is C[C@@H]1CCC[C@H](C)N1/N=C\c1ccc(/C=N\N2[C@@H](C)CCC[C@@H]2C)cc1. The molecule has 26 heavy (non-hydrogen) atoms. The molecule has 0 N–H and O–H groups in total. The van der Waals surface area contributed by atoms with Crippen LogP contribution in [0.2, 0.25) is 0 Å². The second kappa shape index (κ2) is 8.70. The van der Waals surface area contributed by atoms with E-state index in [1.165, 1.54) is 38.5 Å². The molecule has 0 unspecified atom stereocenters. The highest BCUT2D eigenvalue weighted by Crippen LogP contribution is 2.23. The zero-order valence-electron chi connectivity index (χ0n) is 16.8. The Labute approximate surface area is 159 Å². The summed E-state index contributed by atoms with van der Waals surface area (Å²) in [4.78, 5) is 0. The Kier molecular flexibility index (Phi) is 6.33. The predicted octanol–water partition coefficient (Wildman–Crippen LogP) is 4.88. The Morgan fingerprint density at radius 1 is 0.654 bits per heavy atom. The van der Waals surface area contributed by atoms with Crippen LogP contribution in [0.25, 0.3) is 0 Å². The second-order valence-electron chi connectivity index (χ2n) is 8.17. The van der Waals surface area contributed by atoms with Gasteiger partial charge in [-0.1, -0.05) is 24.3 Å². The third-order valence-corrected chi connectivity index (χ3v) is 5.91. The van der Waals surface area contributed by atoms with Gasteiger partial charge in [-0.05, 0) is 77.3 Å². The molecule has 1 aromatic rings. The summed E-state index contributed by atoms with van der Waals surface area (Å²) in [6.45, 7) is 9.09. The zero-order chi connectivity index (χ0) is 18.5. The minimum atomic E-state index is 0.537. The van der Waals surface area contributed by atoms with Crippen LogP contribution in [0.3, 0.4) is 0 Å². The van der Waals surface area contributed by atoms with Gasteiger partial charge in [0.1, 0.15) is 0 Å². The molecule has 1 aromatic carbocycles. The van der Waals surface area contributed by atoms with E-state index in [2.05, 4.69) is 62.0 Å². The molecule has 2 aliphatic rings. The molecule has 0 spiro atoms. The van der Waals surface area contributed by atoms with Gasteiger partial charge >= 0.3 is 0 Å². The van der Waals surface area contributed by atoms with Crippen LogP contribution in [0, 0.1) is 0 Å². The lowest BCUT2D eigenvalue weighted by molar-refractivity contribution is 0.109. The van der Waals surface area contributed by atoms with Crippen LogP contribution in [0.5, 0.6) is 0 Å². The highest BCUT2D eigenvalue weighted by Gasteiger charge is 2.23. The van der Waals surface area contributed by atoms with E-state index in [0.717, 1.165) is 11.1 Å². The summed E-state index contributed by atoms with van der Waals surface area (Å²) >= 11 is 0. The summed E-state index contributed by atoms with van der Waals surface area (Å²) in [6.07, 6.45) is 11.6. The third-order valence-electron chi connectivity index (χ3n) is 5.91. The van der Waals surface area contributed by atoms with Crippen molar-refractivity contribution in [2.24, 2.45) is 10.2 Å². The lowest BCUT2D eigenvalue weighted by Gasteiger charge is -2.36. The minimum absolute atomic E-state index is 0.537. The van der Waals surface area contributed by atoms with E-state index in [-0.39, 0.29) is 0 Å². The molecule has 0 saturated carbocycles. The summed E-state index contributed by atoms with van der Waals surface area (Å²) in [6, 6.07) is 10.7. The molecule has 4 atom stereocenters. The van der Waals surface area contributed by atoms with Gasteiger partial charge in [0, 0.05) is 24.2 Å². The first-order valence-electron chi connectivity index (χ1n) is 10.3. The standard InChI is InChI=1S/C22H34N4/c1-17-7-5-8-18(2)25(17)23-15-21-11-13-22(14-12-21)16-24-26-19(3)9-6-10-20(26)4/h11-20H,5-10H2,1-4H3/b23-15-,24-16-/t17-,18-,19-,20+/m0/s1. The smallest absolute Gasteiger partial charge is 0.0543 e. The summed E-state index contributed by atoms with van der Waals surface area (Å²) in [5, 5.41) is 14.0. The van der Waals surface area contributed by atoms with Gasteiger partial charge in [-0.2, -0.15) is 10.2 Å². The zero-order valence-corrected chi connectivity index (χ0v) is 16.8. The van der Waals surface area contributed by atoms with E-state index in [0.29, 0.717) is 24.2 Å². The molecular weight excluding hydrogens is 320 g/mol. The number of hydrogen-bond donors (Lipinski definition) is 0. The highest BCUT2D eigenvalue weighted by molar-refractivity contribution is 5.83. The molecule has 0 bridgehead atoms. The van der Waals surface area contributed by atoms with Gasteiger partial charge in [0.15, 0.2) is 0 Å². The average Bonchev–Trinajstić information content (AvgIpc) is 2.62. The van der Waals surface area contributed by atoms with Crippen LogP contribution in [-0.4, -0.2) is 46.6 Å². The summed E-state index contributed by atoms with van der Waals surface area (Å²) < 4.78 is 0. The molecule has 2 fully saturated rings. The quantitative estimate of drug-likeness (QED) is 0.722. The third kappa shape index (κ3) is 4.66. The fourth-order valence-corrected chi connectivity index (χ4v) is 4.21. The maximum Gasteiger partial charge on any atom is 0.0543 e. The van der Waals surface area contributed by atoms with Crippen LogP contribution >= 0.6 is 0 Å². The molecule has 2 heterocycles. The van der Waals surface area contributed by atoms with E-state index in [1.54, 1.807) is 0 Å². The van der Waals surface area contributed by atoms with Crippen molar-refractivity contribution in [1.29, 1.82) is 0 Å². The van der Waals surface area contributed by atoms with Crippen molar-refractivity contribution < 1.29 is 0 Å². The van der Waals surface area contributed by atoms with E-state index >= 15 is 0 Å². The van der Waals surface area contributed by atoms with Crippen molar-refractivity contribution in [1.82, 2.24) is 10.0 Å². The summed E-state index contributed by atoms with van der Waals surface area (Å²) in [7, 11) is 0. The lowest BCUT2D eigenvalue weighted by atomic mass is 10.00. The van der Waals surface area contributed by atoms with Gasteiger partial charge in [0.05, 0.1) is 12.4 Å². The molecule has 4 nitrogen and oxygen atoms in total. The van der Waals surface area contributed by atoms with Crippen molar-refractivity contribution in [3.05, 3.63) is 35.4 Å². The van der Waals surface area contributed by atoms with E-state index in [4.69, 9.17) is 10.2 Å². The Hall–Kier alpha value is -1.84. The molecule has 142 valence electrons. The fourth-order valence-electron chi connectivity index (χ4n) is 4.21. The van der Waals surface area contributed by atoms with Crippen molar-refractivity contribution >= 4 is 12.4 Å². The maximum atomic E-state index is 4.75. The van der Waals surface area contributed by atoms with E-state index in [1.807, 2.05) is 12.4 Å². The van der Waals surface area contributed by atoms with Crippen LogP contribution < -0.4 is 0 Å². The van der Waals surface area contributed by atoms with Crippen LogP contribution in [0.1, 0.15) is 77.3 Å². The Morgan fingerprint density at radius 2 is 0.962 bits per heavy atom. The van der Waals surface area contributed by atoms with E-state index in [9.17, 15) is 0 Å². The normalized spacial score (nSPS) is 30.5. The molecule has 0 amide bonds. The number of piperidine rings is 2. The van der Waals surface area contributed by atoms with Gasteiger partial charge in [-0.15, -0.1) is 0 Å².